The van der Waals surface area contributed by atoms with E-state index in [0.29, 0.717) is 0 Å². The van der Waals surface area contributed by atoms with Gasteiger partial charge in [-0.05, 0) is 35.4 Å². The fraction of sp³-hybridized carbons (Fsp3) is 0.217. The first-order valence-corrected chi connectivity index (χ1v) is 8.83. The zero-order valence-corrected chi connectivity index (χ0v) is 15.4. The van der Waals surface area contributed by atoms with Crippen LogP contribution in [0, 0.1) is 0 Å². The van der Waals surface area contributed by atoms with Gasteiger partial charge in [-0.25, -0.2) is 0 Å². The van der Waals surface area contributed by atoms with Gasteiger partial charge in [-0.3, -0.25) is 4.90 Å². The maximum absolute atomic E-state index is 5.62. The Morgan fingerprint density at radius 3 is 1.96 bits per heavy atom. The molecule has 0 spiro atoms. The molecule has 0 bridgehead atoms. The molecule has 132 valence electrons. The molecular weight excluding hydrogens is 322 g/mol. The summed E-state index contributed by atoms with van der Waals surface area (Å²) in [6.07, 6.45) is 0. The fourth-order valence-corrected chi connectivity index (χ4v) is 4.04. The largest absolute Gasteiger partial charge is 0.493 e. The van der Waals surface area contributed by atoms with Crippen LogP contribution < -0.4 is 9.47 Å². The van der Waals surface area contributed by atoms with E-state index < -0.39 is 0 Å². The monoisotopic (exact) mass is 345 g/mol. The van der Waals surface area contributed by atoms with Crippen molar-refractivity contribution in [3.05, 3.63) is 83.4 Å². The van der Waals surface area contributed by atoms with E-state index in [4.69, 9.17) is 9.47 Å². The van der Waals surface area contributed by atoms with Crippen LogP contribution in [0.25, 0.3) is 11.1 Å². The topological polar surface area (TPSA) is 21.7 Å². The number of fused-ring (bicyclic) bond motifs is 3. The van der Waals surface area contributed by atoms with Crippen LogP contribution in [-0.4, -0.2) is 26.2 Å². The zero-order valence-electron chi connectivity index (χ0n) is 15.4. The summed E-state index contributed by atoms with van der Waals surface area (Å²) in [7, 11) is 5.54. The first-order valence-electron chi connectivity index (χ1n) is 8.83. The van der Waals surface area contributed by atoms with E-state index in [2.05, 4.69) is 66.5 Å². The van der Waals surface area contributed by atoms with Gasteiger partial charge >= 0.3 is 0 Å². The number of nitrogens with zero attached hydrogens (tertiary/aromatic N) is 1. The summed E-state index contributed by atoms with van der Waals surface area (Å²) in [5.41, 5.74) is 6.50. The molecule has 3 aromatic carbocycles. The molecule has 4 rings (SSSR count). The molecule has 3 aromatic rings. The first kappa shape index (κ1) is 16.7. The molecule has 1 aliphatic carbocycles. The van der Waals surface area contributed by atoms with Gasteiger partial charge in [0.1, 0.15) is 0 Å². The van der Waals surface area contributed by atoms with E-state index in [1.54, 1.807) is 14.2 Å². The van der Waals surface area contributed by atoms with Crippen molar-refractivity contribution in [2.24, 2.45) is 0 Å². The Balaban J connectivity index is 1.73. The zero-order chi connectivity index (χ0) is 18.1. The third-order valence-corrected chi connectivity index (χ3v) is 5.15. The minimum absolute atomic E-state index is 0.235. The first-order chi connectivity index (χ1) is 12.7. The lowest BCUT2D eigenvalue weighted by Gasteiger charge is -2.27. The third-order valence-electron chi connectivity index (χ3n) is 5.15. The van der Waals surface area contributed by atoms with Gasteiger partial charge in [0, 0.05) is 12.1 Å². The van der Waals surface area contributed by atoms with Gasteiger partial charge < -0.3 is 9.47 Å². The Bertz CT molecular complexity index is 889. The average Bonchev–Trinajstić information content (AvgIpc) is 3.02. The van der Waals surface area contributed by atoms with Gasteiger partial charge in [0.2, 0.25) is 0 Å². The summed E-state index contributed by atoms with van der Waals surface area (Å²) >= 11 is 0. The van der Waals surface area contributed by atoms with Crippen molar-refractivity contribution in [3.8, 4) is 22.6 Å². The summed E-state index contributed by atoms with van der Waals surface area (Å²) in [6, 6.07) is 23.7. The highest BCUT2D eigenvalue weighted by molar-refractivity contribution is 5.78. The Morgan fingerprint density at radius 2 is 1.38 bits per heavy atom. The SMILES string of the molecule is COc1cccc(CN(C)C2c3ccccc3-c3ccccc32)c1OC. The van der Waals surface area contributed by atoms with E-state index in [-0.39, 0.29) is 6.04 Å². The number of methoxy groups -OCH3 is 2. The molecule has 0 amide bonds. The van der Waals surface area contributed by atoms with Gasteiger partial charge in [-0.1, -0.05) is 60.7 Å². The van der Waals surface area contributed by atoms with Gasteiger partial charge in [0.05, 0.1) is 20.3 Å². The molecule has 0 radical (unpaired) electrons. The molecule has 26 heavy (non-hydrogen) atoms. The summed E-state index contributed by atoms with van der Waals surface area (Å²) in [5, 5.41) is 0. The lowest BCUT2D eigenvalue weighted by atomic mass is 10.0. The molecule has 3 heteroatoms. The molecule has 0 aromatic heterocycles. The van der Waals surface area contributed by atoms with Crippen molar-refractivity contribution in [1.82, 2.24) is 4.90 Å². The Hall–Kier alpha value is -2.78. The number of rotatable bonds is 5. The minimum Gasteiger partial charge on any atom is -0.493 e. The van der Waals surface area contributed by atoms with Crippen LogP contribution in [0.5, 0.6) is 11.5 Å². The molecule has 0 atom stereocenters. The maximum atomic E-state index is 5.62. The van der Waals surface area contributed by atoms with Crippen molar-refractivity contribution in [3.63, 3.8) is 0 Å². The number of hydrogen-bond acceptors (Lipinski definition) is 3. The van der Waals surface area contributed by atoms with E-state index in [9.17, 15) is 0 Å². The van der Waals surface area contributed by atoms with Crippen molar-refractivity contribution in [2.75, 3.05) is 21.3 Å². The number of hydrogen-bond donors (Lipinski definition) is 0. The molecule has 0 saturated heterocycles. The Kier molecular flexibility index (Phi) is 4.39. The van der Waals surface area contributed by atoms with E-state index in [0.717, 1.165) is 23.6 Å². The van der Waals surface area contributed by atoms with E-state index >= 15 is 0 Å². The van der Waals surface area contributed by atoms with Gasteiger partial charge in [0.25, 0.3) is 0 Å². The summed E-state index contributed by atoms with van der Waals surface area (Å²) in [6.45, 7) is 0.772. The van der Waals surface area contributed by atoms with Gasteiger partial charge in [0.15, 0.2) is 11.5 Å². The van der Waals surface area contributed by atoms with Crippen molar-refractivity contribution in [1.29, 1.82) is 0 Å². The number of benzene rings is 3. The molecule has 0 N–H and O–H groups in total. The van der Waals surface area contributed by atoms with Crippen LogP contribution in [0.3, 0.4) is 0 Å². The highest BCUT2D eigenvalue weighted by Gasteiger charge is 2.31. The smallest absolute Gasteiger partial charge is 0.165 e. The second-order valence-corrected chi connectivity index (χ2v) is 6.64. The predicted octanol–water partition coefficient (Wildman–Crippen LogP) is 4.91. The van der Waals surface area contributed by atoms with Gasteiger partial charge in [-0.15, -0.1) is 0 Å². The summed E-state index contributed by atoms with van der Waals surface area (Å²) < 4.78 is 11.1. The van der Waals surface area contributed by atoms with Crippen molar-refractivity contribution >= 4 is 0 Å². The molecule has 0 unspecified atom stereocenters. The maximum Gasteiger partial charge on any atom is 0.165 e. The van der Waals surface area contributed by atoms with Crippen molar-refractivity contribution < 1.29 is 9.47 Å². The molecule has 0 fully saturated rings. The second-order valence-electron chi connectivity index (χ2n) is 6.64. The van der Waals surface area contributed by atoms with Crippen molar-refractivity contribution in [2.45, 2.75) is 12.6 Å². The predicted molar refractivity (Wildman–Crippen MR) is 105 cm³/mol. The molecule has 3 nitrogen and oxygen atoms in total. The van der Waals surface area contributed by atoms with Crippen LogP contribution in [0.2, 0.25) is 0 Å². The van der Waals surface area contributed by atoms with Crippen LogP contribution in [0.15, 0.2) is 66.7 Å². The molecular formula is C23H23NO2. The average molecular weight is 345 g/mol. The molecule has 0 saturated carbocycles. The molecule has 1 aliphatic rings. The van der Waals surface area contributed by atoms with E-state index in [1.807, 2.05) is 12.1 Å². The summed E-state index contributed by atoms with van der Waals surface area (Å²) in [5.74, 6) is 1.58. The lowest BCUT2D eigenvalue weighted by Crippen LogP contribution is -2.24. The normalized spacial score (nSPS) is 12.8. The molecule has 0 aliphatic heterocycles. The van der Waals surface area contributed by atoms with E-state index in [1.165, 1.54) is 22.3 Å². The summed E-state index contributed by atoms with van der Waals surface area (Å²) in [4.78, 5) is 2.38. The van der Waals surface area contributed by atoms with Crippen LogP contribution >= 0.6 is 0 Å². The van der Waals surface area contributed by atoms with Crippen LogP contribution in [0.4, 0.5) is 0 Å². The Morgan fingerprint density at radius 1 is 0.769 bits per heavy atom. The number of ether oxygens (including phenoxy) is 2. The number of para-hydroxylation sites is 1. The quantitative estimate of drug-likeness (QED) is 0.656. The minimum atomic E-state index is 0.235. The highest BCUT2D eigenvalue weighted by Crippen LogP contribution is 2.46. The second kappa shape index (κ2) is 6.85. The van der Waals surface area contributed by atoms with Gasteiger partial charge in [-0.2, -0.15) is 0 Å². The standard InChI is InChI=1S/C23H23NO2/c1-24(15-16-9-8-14-21(25-2)23(16)26-3)22-19-12-6-4-10-17(19)18-11-5-7-13-20(18)22/h4-14,22H,15H2,1-3H3. The third kappa shape index (κ3) is 2.65. The van der Waals surface area contributed by atoms with Crippen LogP contribution in [-0.2, 0) is 6.54 Å². The lowest BCUT2D eigenvalue weighted by molar-refractivity contribution is 0.267. The molecule has 0 heterocycles. The highest BCUT2D eigenvalue weighted by atomic mass is 16.5. The Labute approximate surface area is 154 Å². The fourth-order valence-electron chi connectivity index (χ4n) is 4.04. The van der Waals surface area contributed by atoms with Crippen LogP contribution in [0.1, 0.15) is 22.7 Å².